The molecular weight excluding hydrogens is 452 g/mol. The van der Waals surface area contributed by atoms with Crippen LogP contribution in [0.5, 0.6) is 0 Å². The Morgan fingerprint density at radius 3 is 2.31 bits per heavy atom. The van der Waals surface area contributed by atoms with Crippen LogP contribution in [0.15, 0.2) is 64.0 Å². The zero-order valence-corrected chi connectivity index (χ0v) is 18.8. The van der Waals surface area contributed by atoms with Crippen molar-refractivity contribution in [3.05, 3.63) is 64.6 Å². The fraction of sp³-hybridized carbons (Fsp3) is 0.409. The molecule has 0 aromatic heterocycles. The van der Waals surface area contributed by atoms with E-state index in [1.807, 2.05) is 30.3 Å². The van der Waals surface area contributed by atoms with Gasteiger partial charge < -0.3 is 5.32 Å². The SMILES string of the molecule is O=C(CN(CCc1ccccc1)S(=O)(=O)c1ccc(Br)cc1)NC1CCCCC1. The second-order valence-corrected chi connectivity index (χ2v) is 10.3. The maximum Gasteiger partial charge on any atom is 0.243 e. The van der Waals surface area contributed by atoms with Gasteiger partial charge in [0.1, 0.15) is 0 Å². The minimum Gasteiger partial charge on any atom is -0.352 e. The molecule has 0 spiro atoms. The highest BCUT2D eigenvalue weighted by atomic mass is 79.9. The van der Waals surface area contributed by atoms with E-state index in [2.05, 4.69) is 21.2 Å². The zero-order valence-electron chi connectivity index (χ0n) is 16.4. The van der Waals surface area contributed by atoms with Crippen LogP contribution in [0.3, 0.4) is 0 Å². The molecule has 29 heavy (non-hydrogen) atoms. The van der Waals surface area contributed by atoms with Crippen molar-refractivity contribution in [3.8, 4) is 0 Å². The van der Waals surface area contributed by atoms with E-state index in [1.54, 1.807) is 24.3 Å². The first-order valence-electron chi connectivity index (χ1n) is 10.0. The summed E-state index contributed by atoms with van der Waals surface area (Å²) in [6.07, 6.45) is 5.91. The predicted molar refractivity (Wildman–Crippen MR) is 118 cm³/mol. The normalized spacial score (nSPS) is 15.4. The van der Waals surface area contributed by atoms with Gasteiger partial charge in [-0.1, -0.05) is 65.5 Å². The molecule has 5 nitrogen and oxygen atoms in total. The molecule has 1 amide bonds. The summed E-state index contributed by atoms with van der Waals surface area (Å²) in [5, 5.41) is 3.03. The minimum atomic E-state index is -3.77. The first kappa shape index (κ1) is 22.0. The van der Waals surface area contributed by atoms with Gasteiger partial charge in [0.05, 0.1) is 11.4 Å². The molecule has 1 aliphatic carbocycles. The zero-order chi connectivity index (χ0) is 20.7. The smallest absolute Gasteiger partial charge is 0.243 e. The molecule has 7 heteroatoms. The third kappa shape index (κ3) is 6.39. The number of sulfonamides is 1. The molecule has 0 radical (unpaired) electrons. The molecule has 1 N–H and O–H groups in total. The maximum atomic E-state index is 13.2. The summed E-state index contributed by atoms with van der Waals surface area (Å²) in [6.45, 7) is 0.0855. The number of carbonyl (C=O) groups excluding carboxylic acids is 1. The van der Waals surface area contributed by atoms with Gasteiger partial charge >= 0.3 is 0 Å². The highest BCUT2D eigenvalue weighted by Crippen LogP contribution is 2.20. The van der Waals surface area contributed by atoms with E-state index in [0.717, 1.165) is 35.7 Å². The summed E-state index contributed by atoms with van der Waals surface area (Å²) in [7, 11) is -3.77. The average Bonchev–Trinajstić information content (AvgIpc) is 2.73. The molecule has 1 saturated carbocycles. The number of nitrogens with zero attached hydrogens (tertiary/aromatic N) is 1. The molecule has 0 aliphatic heterocycles. The largest absolute Gasteiger partial charge is 0.352 e. The topological polar surface area (TPSA) is 66.5 Å². The minimum absolute atomic E-state index is 0.155. The summed E-state index contributed by atoms with van der Waals surface area (Å²) in [6, 6.07) is 16.4. The first-order valence-corrected chi connectivity index (χ1v) is 12.3. The molecule has 3 rings (SSSR count). The first-order chi connectivity index (χ1) is 13.9. The van der Waals surface area contributed by atoms with E-state index in [0.29, 0.717) is 6.42 Å². The molecule has 0 saturated heterocycles. The van der Waals surface area contributed by atoms with Crippen molar-refractivity contribution in [1.29, 1.82) is 0 Å². The van der Waals surface area contributed by atoms with Crippen LogP contribution in [0.1, 0.15) is 37.7 Å². The lowest BCUT2D eigenvalue weighted by atomic mass is 9.95. The number of carbonyl (C=O) groups is 1. The Kier molecular flexibility index (Phi) is 7.86. The van der Waals surface area contributed by atoms with Crippen LogP contribution in [0.25, 0.3) is 0 Å². The second kappa shape index (κ2) is 10.4. The lowest BCUT2D eigenvalue weighted by Gasteiger charge is -2.26. The van der Waals surface area contributed by atoms with Crippen molar-refractivity contribution in [2.45, 2.75) is 49.5 Å². The highest BCUT2D eigenvalue weighted by molar-refractivity contribution is 9.10. The average molecular weight is 479 g/mol. The summed E-state index contributed by atoms with van der Waals surface area (Å²) in [5.41, 5.74) is 1.04. The van der Waals surface area contributed by atoms with Crippen LogP contribution >= 0.6 is 15.9 Å². The molecule has 1 aliphatic rings. The predicted octanol–water partition coefficient (Wildman–Crippen LogP) is 4.13. The molecule has 0 heterocycles. The monoisotopic (exact) mass is 478 g/mol. The van der Waals surface area contributed by atoms with Gasteiger partial charge in [0.15, 0.2) is 0 Å². The van der Waals surface area contributed by atoms with Crippen molar-refractivity contribution in [1.82, 2.24) is 9.62 Å². The van der Waals surface area contributed by atoms with Gasteiger partial charge in [0.25, 0.3) is 0 Å². The number of nitrogens with one attached hydrogen (secondary N) is 1. The van der Waals surface area contributed by atoms with Gasteiger partial charge in [0, 0.05) is 17.1 Å². The van der Waals surface area contributed by atoms with Crippen LogP contribution in [-0.4, -0.2) is 37.8 Å². The molecule has 0 atom stereocenters. The Labute approximate surface area is 181 Å². The van der Waals surface area contributed by atoms with E-state index in [-0.39, 0.29) is 29.9 Å². The van der Waals surface area contributed by atoms with Crippen molar-refractivity contribution in [2.75, 3.05) is 13.1 Å². The van der Waals surface area contributed by atoms with Crippen molar-refractivity contribution < 1.29 is 13.2 Å². The fourth-order valence-electron chi connectivity index (χ4n) is 3.62. The highest BCUT2D eigenvalue weighted by Gasteiger charge is 2.27. The number of hydrogen-bond donors (Lipinski definition) is 1. The quantitative estimate of drug-likeness (QED) is 0.619. The molecule has 0 bridgehead atoms. The van der Waals surface area contributed by atoms with Crippen molar-refractivity contribution in [3.63, 3.8) is 0 Å². The Hall–Kier alpha value is -1.70. The van der Waals surface area contributed by atoms with Crippen LogP contribution in [0.2, 0.25) is 0 Å². The van der Waals surface area contributed by atoms with E-state index in [1.165, 1.54) is 10.7 Å². The second-order valence-electron chi connectivity index (χ2n) is 7.43. The lowest BCUT2D eigenvalue weighted by molar-refractivity contribution is -0.122. The van der Waals surface area contributed by atoms with Gasteiger partial charge in [-0.25, -0.2) is 8.42 Å². The maximum absolute atomic E-state index is 13.2. The summed E-state index contributed by atoms with van der Waals surface area (Å²) < 4.78 is 28.5. The Morgan fingerprint density at radius 2 is 1.66 bits per heavy atom. The number of rotatable bonds is 8. The van der Waals surface area contributed by atoms with E-state index in [9.17, 15) is 13.2 Å². The van der Waals surface area contributed by atoms with Crippen molar-refractivity contribution in [2.24, 2.45) is 0 Å². The number of halogens is 1. The van der Waals surface area contributed by atoms with E-state index in [4.69, 9.17) is 0 Å². The molecule has 2 aromatic rings. The van der Waals surface area contributed by atoms with Gasteiger partial charge in [-0.15, -0.1) is 0 Å². The van der Waals surface area contributed by atoms with Gasteiger partial charge in [-0.05, 0) is 49.1 Å². The Bertz CT molecular complexity index is 895. The molecular formula is C22H27BrN2O3S. The van der Waals surface area contributed by atoms with Crippen LogP contribution in [0, 0.1) is 0 Å². The van der Waals surface area contributed by atoms with Crippen molar-refractivity contribution >= 4 is 31.9 Å². The van der Waals surface area contributed by atoms with Gasteiger partial charge in [0.2, 0.25) is 15.9 Å². The van der Waals surface area contributed by atoms with Crippen LogP contribution in [-0.2, 0) is 21.2 Å². The lowest BCUT2D eigenvalue weighted by Crippen LogP contribution is -2.45. The summed E-state index contributed by atoms with van der Waals surface area (Å²) in [4.78, 5) is 12.8. The molecule has 2 aromatic carbocycles. The Morgan fingerprint density at radius 1 is 1.00 bits per heavy atom. The Balaban J connectivity index is 1.74. The standard InChI is InChI=1S/C22H27BrN2O3S/c23-19-11-13-21(14-12-19)29(27,28)25(16-15-18-7-3-1-4-8-18)17-22(26)24-20-9-5-2-6-10-20/h1,3-4,7-8,11-14,20H,2,5-6,9-10,15-17H2,(H,24,26). The molecule has 0 unspecified atom stereocenters. The van der Waals surface area contributed by atoms with E-state index < -0.39 is 10.0 Å². The number of amides is 1. The number of benzene rings is 2. The number of hydrogen-bond acceptors (Lipinski definition) is 3. The summed E-state index contributed by atoms with van der Waals surface area (Å²) >= 11 is 3.33. The third-order valence-electron chi connectivity index (χ3n) is 5.23. The van der Waals surface area contributed by atoms with Gasteiger partial charge in [-0.3, -0.25) is 4.79 Å². The van der Waals surface area contributed by atoms with Crippen LogP contribution < -0.4 is 5.32 Å². The van der Waals surface area contributed by atoms with Crippen LogP contribution in [0.4, 0.5) is 0 Å². The molecule has 156 valence electrons. The molecule has 1 fully saturated rings. The third-order valence-corrected chi connectivity index (χ3v) is 7.62. The van der Waals surface area contributed by atoms with Gasteiger partial charge in [-0.2, -0.15) is 4.31 Å². The van der Waals surface area contributed by atoms with E-state index >= 15 is 0 Å². The summed E-state index contributed by atoms with van der Waals surface area (Å²) in [5.74, 6) is -0.231. The fourth-order valence-corrected chi connectivity index (χ4v) is 5.28.